The summed E-state index contributed by atoms with van der Waals surface area (Å²) in [5, 5.41) is 17.9. The monoisotopic (exact) mass is 370 g/mol. The molecule has 1 unspecified atom stereocenters. The molecule has 156 valence electrons. The molecule has 0 radical (unpaired) electrons. The van der Waals surface area contributed by atoms with Gasteiger partial charge in [-0.2, -0.15) is 0 Å². The van der Waals surface area contributed by atoms with Crippen LogP contribution in [-0.2, 0) is 4.74 Å². The molecule has 3 heteroatoms. The highest BCUT2D eigenvalue weighted by Crippen LogP contribution is 2.22. The van der Waals surface area contributed by atoms with Crippen LogP contribution in [0, 0.1) is 17.8 Å². The minimum atomic E-state index is -0.762. The van der Waals surface area contributed by atoms with Crippen LogP contribution in [0.5, 0.6) is 0 Å². The van der Waals surface area contributed by atoms with Crippen LogP contribution in [0.4, 0.5) is 0 Å². The Morgan fingerprint density at radius 3 is 1.96 bits per heavy atom. The number of aliphatic hydroxyl groups excluding tert-OH is 2. The number of aliphatic hydroxyl groups is 2. The van der Waals surface area contributed by atoms with E-state index in [0.717, 1.165) is 24.2 Å². The first-order valence-corrected chi connectivity index (χ1v) is 10.9. The lowest BCUT2D eigenvalue weighted by molar-refractivity contribution is 0.0148. The summed E-state index contributed by atoms with van der Waals surface area (Å²) in [6.07, 6.45) is 13.3. The largest absolute Gasteiger partial charge is 0.394 e. The van der Waals surface area contributed by atoms with Crippen LogP contribution < -0.4 is 0 Å². The summed E-state index contributed by atoms with van der Waals surface area (Å²) in [7, 11) is 0. The van der Waals surface area contributed by atoms with E-state index >= 15 is 0 Å². The van der Waals surface area contributed by atoms with Crippen LogP contribution in [0.1, 0.15) is 92.4 Å². The molecule has 0 aliphatic carbocycles. The first-order valence-electron chi connectivity index (χ1n) is 10.9. The van der Waals surface area contributed by atoms with Crippen molar-refractivity contribution in [3.05, 3.63) is 11.6 Å². The molecule has 0 heterocycles. The Morgan fingerprint density at radius 1 is 0.885 bits per heavy atom. The summed E-state index contributed by atoms with van der Waals surface area (Å²) in [5.74, 6) is 2.55. The minimum absolute atomic E-state index is 0.202. The standard InChI is InChI=1S/C23H46O3/c1-19(2)9-6-10-20(3)11-7-12-21(4)13-8-14-22(5)15-16-26-18-23(25)17-24/h15,19-21,23-25H,6-14,16-18H2,1-5H3/b22-15+/t20-,21-,23?/m1/s1. The summed E-state index contributed by atoms with van der Waals surface area (Å²) in [4.78, 5) is 0. The van der Waals surface area contributed by atoms with Gasteiger partial charge in [-0.05, 0) is 37.5 Å². The second kappa shape index (κ2) is 16.8. The molecule has 0 aromatic carbocycles. The molecule has 0 bridgehead atoms. The zero-order chi connectivity index (χ0) is 19.8. The first kappa shape index (κ1) is 25.6. The van der Waals surface area contributed by atoms with E-state index in [2.05, 4.69) is 40.7 Å². The smallest absolute Gasteiger partial charge is 0.100 e. The Balaban J connectivity index is 3.62. The molecule has 0 fully saturated rings. The quantitative estimate of drug-likeness (QED) is 0.253. The van der Waals surface area contributed by atoms with E-state index in [1.54, 1.807) is 0 Å². The van der Waals surface area contributed by atoms with E-state index in [-0.39, 0.29) is 13.2 Å². The second-order valence-electron chi connectivity index (χ2n) is 8.78. The van der Waals surface area contributed by atoms with Gasteiger partial charge in [0, 0.05) is 0 Å². The minimum Gasteiger partial charge on any atom is -0.394 e. The Morgan fingerprint density at radius 2 is 1.42 bits per heavy atom. The van der Waals surface area contributed by atoms with E-state index in [0.29, 0.717) is 6.61 Å². The molecule has 0 aliphatic rings. The highest BCUT2D eigenvalue weighted by Gasteiger charge is 2.07. The van der Waals surface area contributed by atoms with E-state index in [1.807, 2.05) is 0 Å². The molecule has 0 saturated heterocycles. The van der Waals surface area contributed by atoms with Gasteiger partial charge in [0.15, 0.2) is 0 Å². The molecule has 0 aromatic rings. The fraction of sp³-hybridized carbons (Fsp3) is 0.913. The van der Waals surface area contributed by atoms with Crippen LogP contribution in [-0.4, -0.2) is 36.1 Å². The van der Waals surface area contributed by atoms with Gasteiger partial charge < -0.3 is 14.9 Å². The molecule has 0 aliphatic heterocycles. The fourth-order valence-corrected chi connectivity index (χ4v) is 3.27. The highest BCUT2D eigenvalue weighted by atomic mass is 16.5. The molecular formula is C23H46O3. The molecule has 3 atom stereocenters. The zero-order valence-corrected chi connectivity index (χ0v) is 18.2. The molecule has 0 saturated carbocycles. The maximum atomic E-state index is 9.20. The van der Waals surface area contributed by atoms with Crippen LogP contribution in [0.2, 0.25) is 0 Å². The summed E-state index contributed by atoms with van der Waals surface area (Å²) in [6.45, 7) is 12.1. The van der Waals surface area contributed by atoms with Gasteiger partial charge in [0.2, 0.25) is 0 Å². The van der Waals surface area contributed by atoms with Crippen molar-refractivity contribution < 1.29 is 14.9 Å². The zero-order valence-electron chi connectivity index (χ0n) is 18.2. The van der Waals surface area contributed by atoms with Crippen LogP contribution >= 0.6 is 0 Å². The van der Waals surface area contributed by atoms with Gasteiger partial charge in [-0.25, -0.2) is 0 Å². The SMILES string of the molecule is C/C(=C\COCC(O)CO)CCC[C@H](C)CCC[C@H](C)CCCC(C)C. The summed E-state index contributed by atoms with van der Waals surface area (Å²) >= 11 is 0. The Hall–Kier alpha value is -0.380. The van der Waals surface area contributed by atoms with Crippen molar-refractivity contribution in [1.29, 1.82) is 0 Å². The lowest BCUT2D eigenvalue weighted by Crippen LogP contribution is -2.19. The van der Waals surface area contributed by atoms with Crippen LogP contribution in [0.25, 0.3) is 0 Å². The topological polar surface area (TPSA) is 49.7 Å². The third-order valence-electron chi connectivity index (χ3n) is 5.21. The second-order valence-corrected chi connectivity index (χ2v) is 8.78. The van der Waals surface area contributed by atoms with Crippen molar-refractivity contribution in [2.24, 2.45) is 17.8 Å². The van der Waals surface area contributed by atoms with Crippen molar-refractivity contribution in [3.63, 3.8) is 0 Å². The Bertz CT molecular complexity index is 338. The van der Waals surface area contributed by atoms with Crippen molar-refractivity contribution in [3.8, 4) is 0 Å². The number of allylic oxidation sites excluding steroid dienone is 1. The molecule has 3 nitrogen and oxygen atoms in total. The number of hydrogen-bond acceptors (Lipinski definition) is 3. The van der Waals surface area contributed by atoms with Crippen LogP contribution in [0.3, 0.4) is 0 Å². The van der Waals surface area contributed by atoms with Crippen LogP contribution in [0.15, 0.2) is 11.6 Å². The van der Waals surface area contributed by atoms with Gasteiger partial charge in [0.1, 0.15) is 6.10 Å². The number of rotatable bonds is 17. The average Bonchev–Trinajstić information content (AvgIpc) is 2.58. The van der Waals surface area contributed by atoms with Gasteiger partial charge in [-0.15, -0.1) is 0 Å². The van der Waals surface area contributed by atoms with Gasteiger partial charge in [0.25, 0.3) is 0 Å². The van der Waals surface area contributed by atoms with Gasteiger partial charge in [0.05, 0.1) is 19.8 Å². The summed E-state index contributed by atoms with van der Waals surface area (Å²) in [6, 6.07) is 0. The summed E-state index contributed by atoms with van der Waals surface area (Å²) in [5.41, 5.74) is 1.36. The van der Waals surface area contributed by atoms with Crippen molar-refractivity contribution in [1.82, 2.24) is 0 Å². The lowest BCUT2D eigenvalue weighted by atomic mass is 9.91. The highest BCUT2D eigenvalue weighted by molar-refractivity contribution is 4.97. The predicted molar refractivity (Wildman–Crippen MR) is 112 cm³/mol. The number of ether oxygens (including phenoxy) is 1. The van der Waals surface area contributed by atoms with E-state index in [1.165, 1.54) is 56.9 Å². The van der Waals surface area contributed by atoms with Gasteiger partial charge >= 0.3 is 0 Å². The maximum Gasteiger partial charge on any atom is 0.100 e. The van der Waals surface area contributed by atoms with Gasteiger partial charge in [-0.1, -0.05) is 84.3 Å². The van der Waals surface area contributed by atoms with Gasteiger partial charge in [-0.3, -0.25) is 0 Å². The first-order chi connectivity index (χ1) is 12.3. The summed E-state index contributed by atoms with van der Waals surface area (Å²) < 4.78 is 5.31. The molecule has 0 amide bonds. The molecule has 0 aromatic heterocycles. The maximum absolute atomic E-state index is 9.20. The average molecular weight is 371 g/mol. The Kier molecular flexibility index (Phi) is 16.5. The predicted octanol–water partition coefficient (Wildman–Crippen LogP) is 5.74. The van der Waals surface area contributed by atoms with Crippen molar-refractivity contribution >= 4 is 0 Å². The molecule has 0 rings (SSSR count). The van der Waals surface area contributed by atoms with E-state index in [9.17, 15) is 5.11 Å². The molecule has 26 heavy (non-hydrogen) atoms. The third kappa shape index (κ3) is 17.1. The fourth-order valence-electron chi connectivity index (χ4n) is 3.27. The Labute approximate surface area is 163 Å². The van der Waals surface area contributed by atoms with E-state index < -0.39 is 6.10 Å². The third-order valence-corrected chi connectivity index (χ3v) is 5.21. The molecule has 0 spiro atoms. The van der Waals surface area contributed by atoms with Crippen molar-refractivity contribution in [2.75, 3.05) is 19.8 Å². The molecular weight excluding hydrogens is 324 g/mol. The van der Waals surface area contributed by atoms with Crippen molar-refractivity contribution in [2.45, 2.75) is 98.5 Å². The lowest BCUT2D eigenvalue weighted by Gasteiger charge is -2.15. The normalized spacial score (nSPS) is 16.1. The van der Waals surface area contributed by atoms with E-state index in [4.69, 9.17) is 9.84 Å². The molecule has 2 N–H and O–H groups in total. The number of hydrogen-bond donors (Lipinski definition) is 2.